The Morgan fingerprint density at radius 1 is 1.30 bits per heavy atom. The molecule has 118 valence electrons. The maximum absolute atomic E-state index is 12.8. The maximum atomic E-state index is 12.8. The van der Waals surface area contributed by atoms with Gasteiger partial charge >= 0.3 is 0 Å². The highest BCUT2D eigenvalue weighted by atomic mass is 79.9. The summed E-state index contributed by atoms with van der Waals surface area (Å²) in [5.74, 6) is -0.657. The second-order valence-electron chi connectivity index (χ2n) is 6.96. The molecule has 1 aliphatic heterocycles. The number of thiocarbonyl (C=S) groups is 1. The van der Waals surface area contributed by atoms with E-state index in [0.29, 0.717) is 11.4 Å². The molecule has 0 bridgehead atoms. The molecule has 0 fully saturated rings. The van der Waals surface area contributed by atoms with Gasteiger partial charge in [-0.3, -0.25) is 4.79 Å². The topological polar surface area (TPSA) is 52.9 Å². The zero-order chi connectivity index (χ0) is 16.8. The van der Waals surface area contributed by atoms with Gasteiger partial charge in [-0.15, -0.1) is 0 Å². The first-order valence-corrected chi connectivity index (χ1v) is 8.75. The first kappa shape index (κ1) is 16.4. The summed E-state index contributed by atoms with van der Waals surface area (Å²) in [6.45, 7) is 4.18. The summed E-state index contributed by atoms with van der Waals surface area (Å²) in [5.41, 5.74) is 2.52. The van der Waals surface area contributed by atoms with E-state index in [4.69, 9.17) is 12.2 Å². The van der Waals surface area contributed by atoms with Crippen LogP contribution in [0, 0.1) is 22.7 Å². The molecule has 0 spiro atoms. The molecule has 0 radical (unpaired) electrons. The number of halogens is 1. The number of ketones is 1. The van der Waals surface area contributed by atoms with E-state index in [1.165, 1.54) is 0 Å². The van der Waals surface area contributed by atoms with Crippen molar-refractivity contribution in [3.05, 3.63) is 45.6 Å². The van der Waals surface area contributed by atoms with Crippen molar-refractivity contribution in [2.45, 2.75) is 32.6 Å². The minimum absolute atomic E-state index is 0.0811. The molecule has 3 rings (SSSR count). The first-order valence-electron chi connectivity index (χ1n) is 7.54. The lowest BCUT2D eigenvalue weighted by atomic mass is 9.67. The van der Waals surface area contributed by atoms with Crippen LogP contribution in [0.1, 0.15) is 38.2 Å². The third-order valence-electron chi connectivity index (χ3n) is 4.49. The molecule has 0 saturated carbocycles. The molecule has 1 aliphatic carbocycles. The van der Waals surface area contributed by atoms with Gasteiger partial charge in [-0.05, 0) is 29.5 Å². The average Bonchev–Trinajstić information content (AvgIpc) is 2.45. The summed E-state index contributed by atoms with van der Waals surface area (Å²) >= 11 is 8.85. The fourth-order valence-electron chi connectivity index (χ4n) is 3.51. The van der Waals surface area contributed by atoms with Gasteiger partial charge in [0.1, 0.15) is 5.92 Å². The van der Waals surface area contributed by atoms with Gasteiger partial charge in [0.2, 0.25) is 0 Å². The van der Waals surface area contributed by atoms with Crippen LogP contribution in [-0.4, -0.2) is 10.8 Å². The molecule has 0 unspecified atom stereocenters. The number of rotatable bonds is 1. The number of benzene rings is 1. The number of carbonyl (C=O) groups excluding carboxylic acids is 1. The van der Waals surface area contributed by atoms with Crippen LogP contribution in [0.2, 0.25) is 0 Å². The molecule has 0 amide bonds. The number of hydrogen-bond acceptors (Lipinski definition) is 3. The van der Waals surface area contributed by atoms with Crippen molar-refractivity contribution in [1.29, 1.82) is 5.26 Å². The first-order chi connectivity index (χ1) is 10.8. The van der Waals surface area contributed by atoms with Crippen LogP contribution in [0.5, 0.6) is 0 Å². The quantitative estimate of drug-likeness (QED) is 0.730. The molecular formula is C18H17BrN2OS. The Labute approximate surface area is 149 Å². The van der Waals surface area contributed by atoms with Crippen LogP contribution in [0.4, 0.5) is 0 Å². The Morgan fingerprint density at radius 2 is 1.96 bits per heavy atom. The lowest BCUT2D eigenvalue weighted by Crippen LogP contribution is -2.44. The third kappa shape index (κ3) is 2.98. The fourth-order valence-corrected chi connectivity index (χ4v) is 4.09. The van der Waals surface area contributed by atoms with Gasteiger partial charge in [0.05, 0.1) is 11.1 Å². The van der Waals surface area contributed by atoms with E-state index in [2.05, 4.69) is 41.2 Å². The number of carbonyl (C=O) groups is 1. The highest BCUT2D eigenvalue weighted by Gasteiger charge is 2.44. The normalized spacial score (nSPS) is 26.3. The van der Waals surface area contributed by atoms with Gasteiger partial charge in [0.25, 0.3) is 0 Å². The van der Waals surface area contributed by atoms with E-state index in [1.807, 2.05) is 24.3 Å². The van der Waals surface area contributed by atoms with Gasteiger partial charge < -0.3 is 5.32 Å². The van der Waals surface area contributed by atoms with Crippen molar-refractivity contribution in [2.24, 2.45) is 11.3 Å². The van der Waals surface area contributed by atoms with Crippen LogP contribution < -0.4 is 5.32 Å². The summed E-state index contributed by atoms with van der Waals surface area (Å²) in [4.78, 5) is 13.3. The van der Waals surface area contributed by atoms with Crippen LogP contribution in [0.3, 0.4) is 0 Å². The van der Waals surface area contributed by atoms with Crippen LogP contribution in [0.25, 0.3) is 0 Å². The summed E-state index contributed by atoms with van der Waals surface area (Å²) in [5, 5.41) is 12.8. The molecule has 23 heavy (non-hydrogen) atoms. The van der Waals surface area contributed by atoms with Gasteiger partial charge in [0.15, 0.2) is 5.78 Å². The number of Topliss-reactive ketones (excluding diaryl/α,β-unsaturated/α-hetero) is 1. The van der Waals surface area contributed by atoms with E-state index < -0.39 is 5.92 Å². The van der Waals surface area contributed by atoms with Gasteiger partial charge in [0, 0.05) is 28.1 Å². The molecule has 2 aliphatic rings. The molecule has 0 aromatic heterocycles. The molecule has 5 heteroatoms. The number of hydrogen-bond donors (Lipinski definition) is 1. The standard InChI is InChI=1S/C18H17BrN2OS/c1-18(2)7-13-16(14(22)8-18)15(12(9-20)17(23)21-13)10-3-5-11(19)6-4-10/h3-6,12,15H,7-8H2,1-2H3,(H,21,23)/t12-,15+/m1/s1. The van der Waals surface area contributed by atoms with Crippen molar-refractivity contribution in [2.75, 3.05) is 0 Å². The van der Waals surface area contributed by atoms with Gasteiger partial charge in [-0.25, -0.2) is 0 Å². The summed E-state index contributed by atoms with van der Waals surface area (Å²) in [6.07, 6.45) is 1.28. The smallest absolute Gasteiger partial charge is 0.161 e. The van der Waals surface area contributed by atoms with E-state index in [-0.39, 0.29) is 17.1 Å². The summed E-state index contributed by atoms with van der Waals surface area (Å²) < 4.78 is 0.969. The SMILES string of the molecule is CC1(C)CC(=O)C2=C(C1)NC(=S)[C@H](C#N)[C@@H]2c1ccc(Br)cc1. The van der Waals surface area contributed by atoms with Crippen LogP contribution in [0.15, 0.2) is 40.0 Å². The lowest BCUT2D eigenvalue weighted by molar-refractivity contribution is -0.118. The van der Waals surface area contributed by atoms with E-state index in [0.717, 1.165) is 27.7 Å². The Kier molecular flexibility index (Phi) is 4.16. The molecule has 0 saturated heterocycles. The number of nitrogens with one attached hydrogen (secondary N) is 1. The average molecular weight is 389 g/mol. The Balaban J connectivity index is 2.16. The van der Waals surface area contributed by atoms with Crippen molar-refractivity contribution in [3.8, 4) is 6.07 Å². The monoisotopic (exact) mass is 388 g/mol. The number of nitriles is 1. The molecular weight excluding hydrogens is 372 g/mol. The number of nitrogens with zero attached hydrogens (tertiary/aromatic N) is 1. The molecule has 1 aromatic rings. The second-order valence-corrected chi connectivity index (χ2v) is 8.31. The number of allylic oxidation sites excluding steroid dienone is 2. The Bertz CT molecular complexity index is 758. The largest absolute Gasteiger partial charge is 0.352 e. The zero-order valence-corrected chi connectivity index (χ0v) is 15.4. The highest BCUT2D eigenvalue weighted by Crippen LogP contribution is 2.46. The van der Waals surface area contributed by atoms with Crippen molar-refractivity contribution >= 4 is 38.9 Å². The van der Waals surface area contributed by atoms with E-state index in [9.17, 15) is 10.1 Å². The maximum Gasteiger partial charge on any atom is 0.161 e. The Morgan fingerprint density at radius 3 is 2.57 bits per heavy atom. The summed E-state index contributed by atoms with van der Waals surface area (Å²) in [7, 11) is 0. The zero-order valence-electron chi connectivity index (χ0n) is 13.0. The van der Waals surface area contributed by atoms with Gasteiger partial charge in [-0.1, -0.05) is 54.1 Å². The van der Waals surface area contributed by atoms with E-state index in [1.54, 1.807) is 0 Å². The van der Waals surface area contributed by atoms with E-state index >= 15 is 0 Å². The second kappa shape index (κ2) is 5.85. The van der Waals surface area contributed by atoms with Crippen LogP contribution in [-0.2, 0) is 4.79 Å². The molecule has 1 aromatic carbocycles. The Hall–Kier alpha value is -1.51. The highest BCUT2D eigenvalue weighted by molar-refractivity contribution is 9.10. The predicted molar refractivity (Wildman–Crippen MR) is 96.8 cm³/mol. The predicted octanol–water partition coefficient (Wildman–Crippen LogP) is 4.25. The lowest BCUT2D eigenvalue weighted by Gasteiger charge is -2.40. The molecule has 1 N–H and O–H groups in total. The molecule has 1 heterocycles. The minimum Gasteiger partial charge on any atom is -0.352 e. The van der Waals surface area contributed by atoms with Crippen LogP contribution >= 0.6 is 28.1 Å². The molecule has 2 atom stereocenters. The minimum atomic E-state index is -0.505. The van der Waals surface area contributed by atoms with Gasteiger partial charge in [-0.2, -0.15) is 5.26 Å². The fraction of sp³-hybridized carbons (Fsp3) is 0.389. The summed E-state index contributed by atoms with van der Waals surface area (Å²) in [6, 6.07) is 10.1. The molecule has 3 nitrogen and oxygen atoms in total. The van der Waals surface area contributed by atoms with Crippen molar-refractivity contribution in [3.63, 3.8) is 0 Å². The third-order valence-corrected chi connectivity index (χ3v) is 5.37. The van der Waals surface area contributed by atoms with Crippen molar-refractivity contribution < 1.29 is 4.79 Å². The van der Waals surface area contributed by atoms with Crippen molar-refractivity contribution in [1.82, 2.24) is 5.32 Å².